The van der Waals surface area contributed by atoms with Gasteiger partial charge in [-0.25, -0.2) is 18.6 Å². The minimum absolute atomic E-state index is 0.0948. The molecule has 0 bridgehead atoms. The highest BCUT2D eigenvalue weighted by atomic mass is 19.1. The highest BCUT2D eigenvalue weighted by Gasteiger charge is 2.27. The molecule has 5 aromatic rings. The summed E-state index contributed by atoms with van der Waals surface area (Å²) in [5.41, 5.74) is 0.980. The largest absolute Gasteiger partial charge is 0.444 e. The number of benzene rings is 2. The number of alkyl carbamates (subject to hydrolysis) is 1. The zero-order valence-electron chi connectivity index (χ0n) is 24.2. The molecule has 0 unspecified atom stereocenters. The standard InChI is InChI=1S/C30H30F2N8O3/c1-16(2)23-9-7-21(15-33-23)40-27(34-24-13-18(26-36-38-39-37-26)6-8-22(24)28(40)41)25(35-29(42)43-30(3,4)5)12-17-10-19(31)14-20(32)11-17/h6-11,13-16,25H,12H2,1-5H3,(H,35,42)(H,36,37,38,39)/t25-/m0/s1. The Bertz CT molecular complexity index is 1810. The Morgan fingerprint density at radius 1 is 1.07 bits per heavy atom. The summed E-state index contributed by atoms with van der Waals surface area (Å²) in [4.78, 5) is 36.5. The van der Waals surface area contributed by atoms with Crippen LogP contribution in [0.4, 0.5) is 13.6 Å². The summed E-state index contributed by atoms with van der Waals surface area (Å²) in [5, 5.41) is 17.0. The van der Waals surface area contributed by atoms with E-state index >= 15 is 0 Å². The molecule has 0 saturated carbocycles. The highest BCUT2D eigenvalue weighted by Crippen LogP contribution is 2.26. The number of amides is 1. The van der Waals surface area contributed by atoms with Crippen LogP contribution < -0.4 is 10.9 Å². The number of carbonyl (C=O) groups is 1. The van der Waals surface area contributed by atoms with Gasteiger partial charge in [0.1, 0.15) is 23.1 Å². The van der Waals surface area contributed by atoms with Crippen LogP contribution >= 0.6 is 0 Å². The van der Waals surface area contributed by atoms with Gasteiger partial charge in [0.15, 0.2) is 0 Å². The fourth-order valence-electron chi connectivity index (χ4n) is 4.60. The average Bonchev–Trinajstić information content (AvgIpc) is 3.46. The van der Waals surface area contributed by atoms with E-state index in [1.54, 1.807) is 57.3 Å². The molecule has 43 heavy (non-hydrogen) atoms. The van der Waals surface area contributed by atoms with Crippen LogP contribution in [0.1, 0.15) is 63.7 Å². The summed E-state index contributed by atoms with van der Waals surface area (Å²) in [6.07, 6.45) is 0.631. The summed E-state index contributed by atoms with van der Waals surface area (Å²) in [6.45, 7) is 9.11. The second-order valence-corrected chi connectivity index (χ2v) is 11.4. The van der Waals surface area contributed by atoms with Crippen molar-refractivity contribution in [2.45, 2.75) is 58.6 Å². The first-order valence-electron chi connectivity index (χ1n) is 13.6. The number of aromatic amines is 1. The maximum absolute atomic E-state index is 14.2. The number of carbonyl (C=O) groups excluding carboxylic acids is 1. The lowest BCUT2D eigenvalue weighted by atomic mass is 10.0. The SMILES string of the molecule is CC(C)c1ccc(-n2c([C@H](Cc3cc(F)cc(F)c3)NC(=O)OC(C)(C)C)nc3cc(-c4nn[nH]n4)ccc3c2=O)cn1. The molecule has 0 fully saturated rings. The van der Waals surface area contributed by atoms with Crippen LogP contribution in [0, 0.1) is 11.6 Å². The van der Waals surface area contributed by atoms with Crippen LogP contribution in [0.25, 0.3) is 28.0 Å². The minimum Gasteiger partial charge on any atom is -0.444 e. The van der Waals surface area contributed by atoms with Gasteiger partial charge in [-0.05, 0) is 73.9 Å². The van der Waals surface area contributed by atoms with Crippen molar-refractivity contribution in [2.75, 3.05) is 0 Å². The van der Waals surface area contributed by atoms with Gasteiger partial charge in [0.25, 0.3) is 5.56 Å². The topological polar surface area (TPSA) is 141 Å². The van der Waals surface area contributed by atoms with Gasteiger partial charge in [-0.2, -0.15) is 5.21 Å². The van der Waals surface area contributed by atoms with Crippen LogP contribution in [0.5, 0.6) is 0 Å². The highest BCUT2D eigenvalue weighted by molar-refractivity contribution is 5.83. The van der Waals surface area contributed by atoms with E-state index in [-0.39, 0.29) is 34.6 Å². The summed E-state index contributed by atoms with van der Waals surface area (Å²) in [7, 11) is 0. The summed E-state index contributed by atoms with van der Waals surface area (Å²) in [6, 6.07) is 10.4. The lowest BCUT2D eigenvalue weighted by molar-refractivity contribution is 0.0500. The number of nitrogens with one attached hydrogen (secondary N) is 2. The van der Waals surface area contributed by atoms with Gasteiger partial charge >= 0.3 is 6.09 Å². The Morgan fingerprint density at radius 2 is 1.81 bits per heavy atom. The number of aromatic nitrogens is 7. The number of nitrogens with zero attached hydrogens (tertiary/aromatic N) is 6. The number of tetrazole rings is 1. The van der Waals surface area contributed by atoms with Gasteiger partial charge in [0.2, 0.25) is 5.82 Å². The van der Waals surface area contributed by atoms with Crippen LogP contribution in [0.2, 0.25) is 0 Å². The van der Waals surface area contributed by atoms with Crippen molar-refractivity contribution in [2.24, 2.45) is 0 Å². The van der Waals surface area contributed by atoms with E-state index in [2.05, 4.69) is 30.9 Å². The molecule has 0 aliphatic heterocycles. The summed E-state index contributed by atoms with van der Waals surface area (Å²) >= 11 is 0. The average molecular weight is 589 g/mol. The molecule has 5 rings (SSSR count). The van der Waals surface area contributed by atoms with Crippen molar-refractivity contribution in [3.05, 3.63) is 93.8 Å². The molecule has 11 nitrogen and oxygen atoms in total. The third-order valence-corrected chi connectivity index (χ3v) is 6.48. The van der Waals surface area contributed by atoms with E-state index in [1.165, 1.54) is 4.57 Å². The third-order valence-electron chi connectivity index (χ3n) is 6.48. The number of hydrogen-bond acceptors (Lipinski definition) is 8. The molecule has 1 atom stereocenters. The molecular formula is C30H30F2N8O3. The number of rotatable bonds is 7. The van der Waals surface area contributed by atoms with Crippen molar-refractivity contribution < 1.29 is 18.3 Å². The molecule has 0 aliphatic rings. The number of H-pyrrole nitrogens is 1. The van der Waals surface area contributed by atoms with Gasteiger partial charge in [-0.15, -0.1) is 10.2 Å². The van der Waals surface area contributed by atoms with E-state index in [0.717, 1.165) is 23.9 Å². The molecule has 0 aliphatic carbocycles. The van der Waals surface area contributed by atoms with Gasteiger partial charge in [0, 0.05) is 23.7 Å². The lowest BCUT2D eigenvalue weighted by Crippen LogP contribution is -2.39. The van der Waals surface area contributed by atoms with Crippen molar-refractivity contribution >= 4 is 17.0 Å². The first kappa shape index (κ1) is 29.4. The number of hydrogen-bond donors (Lipinski definition) is 2. The predicted octanol–water partition coefficient (Wildman–Crippen LogP) is 5.17. The lowest BCUT2D eigenvalue weighted by Gasteiger charge is -2.25. The molecule has 2 N–H and O–H groups in total. The summed E-state index contributed by atoms with van der Waals surface area (Å²) < 4.78 is 35.3. The fourth-order valence-corrected chi connectivity index (χ4v) is 4.60. The zero-order valence-corrected chi connectivity index (χ0v) is 24.2. The maximum atomic E-state index is 14.2. The maximum Gasteiger partial charge on any atom is 0.408 e. The van der Waals surface area contributed by atoms with E-state index < -0.39 is 34.9 Å². The van der Waals surface area contributed by atoms with Crippen LogP contribution in [-0.2, 0) is 11.2 Å². The summed E-state index contributed by atoms with van der Waals surface area (Å²) in [5.74, 6) is -1.03. The first-order valence-corrected chi connectivity index (χ1v) is 13.6. The molecule has 3 aromatic heterocycles. The van der Waals surface area contributed by atoms with E-state index in [1.807, 2.05) is 13.8 Å². The Kier molecular flexibility index (Phi) is 7.98. The Hall–Kier alpha value is -5.07. The number of halogens is 2. The van der Waals surface area contributed by atoms with E-state index in [4.69, 9.17) is 9.72 Å². The van der Waals surface area contributed by atoms with Crippen LogP contribution in [0.15, 0.2) is 59.5 Å². The number of ether oxygens (including phenoxy) is 1. The second-order valence-electron chi connectivity index (χ2n) is 11.4. The molecule has 13 heteroatoms. The van der Waals surface area contributed by atoms with E-state index in [9.17, 15) is 18.4 Å². The molecule has 3 heterocycles. The predicted molar refractivity (Wildman–Crippen MR) is 155 cm³/mol. The van der Waals surface area contributed by atoms with E-state index in [0.29, 0.717) is 17.1 Å². The molecule has 1 amide bonds. The molecule has 0 saturated heterocycles. The monoisotopic (exact) mass is 588 g/mol. The number of pyridine rings is 1. The van der Waals surface area contributed by atoms with Gasteiger partial charge in [0.05, 0.1) is 28.8 Å². The number of fused-ring (bicyclic) bond motifs is 1. The smallest absolute Gasteiger partial charge is 0.408 e. The Morgan fingerprint density at radius 3 is 2.42 bits per heavy atom. The van der Waals surface area contributed by atoms with Gasteiger partial charge < -0.3 is 10.1 Å². The van der Waals surface area contributed by atoms with Gasteiger partial charge in [-0.1, -0.05) is 19.9 Å². The molecule has 0 spiro atoms. The normalized spacial score (nSPS) is 12.5. The quantitative estimate of drug-likeness (QED) is 0.265. The Labute approximate surface area is 245 Å². The van der Waals surface area contributed by atoms with Crippen molar-refractivity contribution in [1.29, 1.82) is 0 Å². The van der Waals surface area contributed by atoms with Crippen molar-refractivity contribution in [1.82, 2.24) is 40.5 Å². The molecule has 2 aromatic carbocycles. The van der Waals surface area contributed by atoms with Crippen molar-refractivity contribution in [3.8, 4) is 17.1 Å². The van der Waals surface area contributed by atoms with Crippen LogP contribution in [-0.4, -0.2) is 46.9 Å². The molecular weight excluding hydrogens is 558 g/mol. The van der Waals surface area contributed by atoms with Crippen molar-refractivity contribution in [3.63, 3.8) is 0 Å². The molecule has 0 radical (unpaired) electrons. The Balaban J connectivity index is 1.74. The minimum atomic E-state index is -1.06. The zero-order chi connectivity index (χ0) is 30.9. The third kappa shape index (κ3) is 6.71. The first-order chi connectivity index (χ1) is 20.4. The van der Waals surface area contributed by atoms with Crippen LogP contribution in [0.3, 0.4) is 0 Å². The fraction of sp³-hybridized carbons (Fsp3) is 0.300. The second kappa shape index (κ2) is 11.7. The van der Waals surface area contributed by atoms with Gasteiger partial charge in [-0.3, -0.25) is 14.3 Å². The molecule has 222 valence electrons.